The molecule has 0 spiro atoms. The minimum absolute atomic E-state index is 0.0991. The summed E-state index contributed by atoms with van der Waals surface area (Å²) < 4.78 is 0. The predicted octanol–water partition coefficient (Wildman–Crippen LogP) is 2.97. The second kappa shape index (κ2) is 5.25. The fourth-order valence-electron chi connectivity index (χ4n) is 1.00. The Morgan fingerprint density at radius 1 is 1.50 bits per heavy atom. The highest BCUT2D eigenvalue weighted by Gasteiger charge is 2.09. The molecule has 0 bridgehead atoms. The fourth-order valence-corrected chi connectivity index (χ4v) is 1.00. The number of phenols is 1. The minimum atomic E-state index is -1.18. The Labute approximate surface area is 93.5 Å². The number of carboxylic acids is 1. The van der Waals surface area contributed by atoms with Crippen molar-refractivity contribution >= 4 is 11.7 Å². The molecule has 1 unspecified atom stereocenters. The summed E-state index contributed by atoms with van der Waals surface area (Å²) in [6, 6.07) is 4.22. The second-order valence-corrected chi connectivity index (χ2v) is 3.48. The number of aromatic hydroxyl groups is 1. The number of azo groups is 1. The first-order valence-electron chi connectivity index (χ1n) is 5.01. The van der Waals surface area contributed by atoms with Crippen molar-refractivity contribution in [2.75, 3.05) is 0 Å². The average molecular weight is 222 g/mol. The first kappa shape index (κ1) is 12.2. The van der Waals surface area contributed by atoms with E-state index in [0.29, 0.717) is 5.69 Å². The molecule has 5 heteroatoms. The molecular formula is C11H14N2O3. The zero-order valence-electron chi connectivity index (χ0n) is 9.21. The molecule has 1 atom stereocenters. The summed E-state index contributed by atoms with van der Waals surface area (Å²) in [6.07, 6.45) is 0.868. The van der Waals surface area contributed by atoms with Crippen molar-refractivity contribution in [1.29, 1.82) is 0 Å². The number of hydrogen-bond donors (Lipinski definition) is 2. The van der Waals surface area contributed by atoms with Crippen molar-refractivity contribution < 1.29 is 15.0 Å². The Morgan fingerprint density at radius 2 is 2.19 bits per heavy atom. The first-order valence-corrected chi connectivity index (χ1v) is 5.01. The lowest BCUT2D eigenvalue weighted by atomic mass is 10.2. The Hall–Kier alpha value is -1.91. The van der Waals surface area contributed by atoms with Crippen LogP contribution in [0.2, 0.25) is 0 Å². The van der Waals surface area contributed by atoms with E-state index in [1.54, 1.807) is 0 Å². The monoisotopic (exact) mass is 222 g/mol. The smallest absolute Gasteiger partial charge is 0.339 e. The third kappa shape index (κ3) is 3.05. The van der Waals surface area contributed by atoms with E-state index in [9.17, 15) is 9.90 Å². The number of benzene rings is 1. The van der Waals surface area contributed by atoms with Gasteiger partial charge in [0.15, 0.2) is 0 Å². The molecule has 0 amide bonds. The Morgan fingerprint density at radius 3 is 2.75 bits per heavy atom. The Balaban J connectivity index is 2.95. The van der Waals surface area contributed by atoms with Gasteiger partial charge in [-0.3, -0.25) is 0 Å². The molecule has 0 radical (unpaired) electrons. The van der Waals surface area contributed by atoms with E-state index in [1.807, 2.05) is 13.8 Å². The van der Waals surface area contributed by atoms with Crippen LogP contribution in [0.4, 0.5) is 5.69 Å². The van der Waals surface area contributed by atoms with Crippen LogP contribution < -0.4 is 0 Å². The van der Waals surface area contributed by atoms with Crippen molar-refractivity contribution in [1.82, 2.24) is 0 Å². The highest BCUT2D eigenvalue weighted by atomic mass is 16.4. The Bertz CT molecular complexity index is 416. The van der Waals surface area contributed by atoms with Gasteiger partial charge in [0.25, 0.3) is 0 Å². The summed E-state index contributed by atoms with van der Waals surface area (Å²) in [5.74, 6) is -1.45. The minimum Gasteiger partial charge on any atom is -0.507 e. The summed E-state index contributed by atoms with van der Waals surface area (Å²) >= 11 is 0. The number of nitrogens with zero attached hydrogens (tertiary/aromatic N) is 2. The van der Waals surface area contributed by atoms with Crippen molar-refractivity contribution in [3.8, 4) is 5.75 Å². The lowest BCUT2D eigenvalue weighted by Crippen LogP contribution is -1.96. The van der Waals surface area contributed by atoms with Crippen LogP contribution in [0.15, 0.2) is 28.4 Å². The van der Waals surface area contributed by atoms with Crippen LogP contribution in [0.1, 0.15) is 30.6 Å². The highest BCUT2D eigenvalue weighted by Crippen LogP contribution is 2.23. The fraction of sp³-hybridized carbons (Fsp3) is 0.364. The predicted molar refractivity (Wildman–Crippen MR) is 59.3 cm³/mol. The van der Waals surface area contributed by atoms with Crippen LogP contribution in [0.3, 0.4) is 0 Å². The molecule has 0 aromatic heterocycles. The molecule has 0 aliphatic heterocycles. The molecule has 0 saturated carbocycles. The molecule has 0 fully saturated rings. The third-order valence-electron chi connectivity index (χ3n) is 2.17. The van der Waals surface area contributed by atoms with E-state index < -0.39 is 5.97 Å². The molecule has 16 heavy (non-hydrogen) atoms. The van der Waals surface area contributed by atoms with Gasteiger partial charge >= 0.3 is 5.97 Å². The average Bonchev–Trinajstić information content (AvgIpc) is 2.27. The van der Waals surface area contributed by atoms with Crippen LogP contribution in [0, 0.1) is 0 Å². The molecule has 0 aliphatic rings. The van der Waals surface area contributed by atoms with Gasteiger partial charge < -0.3 is 10.2 Å². The number of hydrogen-bond acceptors (Lipinski definition) is 4. The standard InChI is InChI=1S/C11H14N2O3/c1-3-7(2)12-13-8-4-5-10(14)9(6-8)11(15)16/h4-7,14H,3H2,1-2H3,(H,15,16). The number of aromatic carboxylic acids is 1. The van der Waals surface area contributed by atoms with Gasteiger partial charge in [0.2, 0.25) is 0 Å². The van der Waals surface area contributed by atoms with E-state index >= 15 is 0 Å². The van der Waals surface area contributed by atoms with Crippen molar-refractivity contribution in [3.05, 3.63) is 23.8 Å². The highest BCUT2D eigenvalue weighted by molar-refractivity contribution is 5.91. The maximum absolute atomic E-state index is 10.7. The molecule has 0 aliphatic carbocycles. The number of rotatable bonds is 4. The quantitative estimate of drug-likeness (QED) is 0.768. The zero-order chi connectivity index (χ0) is 12.1. The molecule has 0 heterocycles. The van der Waals surface area contributed by atoms with Crippen LogP contribution in [-0.2, 0) is 0 Å². The molecule has 1 rings (SSSR count). The van der Waals surface area contributed by atoms with Crippen LogP contribution >= 0.6 is 0 Å². The van der Waals surface area contributed by atoms with Crippen molar-refractivity contribution in [3.63, 3.8) is 0 Å². The van der Waals surface area contributed by atoms with E-state index in [0.717, 1.165) is 6.42 Å². The maximum Gasteiger partial charge on any atom is 0.339 e. The van der Waals surface area contributed by atoms with Gasteiger partial charge in [-0.2, -0.15) is 10.2 Å². The lowest BCUT2D eigenvalue weighted by Gasteiger charge is -2.01. The molecule has 86 valence electrons. The van der Waals surface area contributed by atoms with Crippen LogP contribution in [0.25, 0.3) is 0 Å². The van der Waals surface area contributed by atoms with Gasteiger partial charge in [-0.15, -0.1) is 0 Å². The van der Waals surface area contributed by atoms with Crippen molar-refractivity contribution in [2.24, 2.45) is 10.2 Å². The SMILES string of the molecule is CCC(C)N=Nc1ccc(O)c(C(=O)O)c1. The van der Waals surface area contributed by atoms with Gasteiger partial charge in [-0.05, 0) is 31.5 Å². The van der Waals surface area contributed by atoms with Gasteiger partial charge in [-0.1, -0.05) is 6.92 Å². The van der Waals surface area contributed by atoms with Gasteiger partial charge in [0, 0.05) is 0 Å². The first-order chi connectivity index (χ1) is 7.54. The maximum atomic E-state index is 10.7. The lowest BCUT2D eigenvalue weighted by molar-refractivity contribution is 0.0694. The summed E-state index contributed by atoms with van der Waals surface area (Å²) in [7, 11) is 0. The molecule has 2 N–H and O–H groups in total. The normalized spacial score (nSPS) is 12.9. The van der Waals surface area contributed by atoms with E-state index in [1.165, 1.54) is 18.2 Å². The third-order valence-corrected chi connectivity index (χ3v) is 2.17. The molecule has 5 nitrogen and oxygen atoms in total. The molecular weight excluding hydrogens is 208 g/mol. The summed E-state index contributed by atoms with van der Waals surface area (Å²) in [6.45, 7) is 3.91. The molecule has 1 aromatic rings. The Kier molecular flexibility index (Phi) is 3.99. The molecule has 1 aromatic carbocycles. The van der Waals surface area contributed by atoms with E-state index in [4.69, 9.17) is 5.11 Å². The topological polar surface area (TPSA) is 82.2 Å². The van der Waals surface area contributed by atoms with E-state index in [2.05, 4.69) is 10.2 Å². The molecule has 0 saturated heterocycles. The summed E-state index contributed by atoms with van der Waals surface area (Å²) in [5, 5.41) is 26.0. The van der Waals surface area contributed by atoms with Crippen LogP contribution in [0.5, 0.6) is 5.75 Å². The van der Waals surface area contributed by atoms with Gasteiger partial charge in [0.1, 0.15) is 11.3 Å². The van der Waals surface area contributed by atoms with Crippen molar-refractivity contribution in [2.45, 2.75) is 26.3 Å². The van der Waals surface area contributed by atoms with E-state index in [-0.39, 0.29) is 17.4 Å². The van der Waals surface area contributed by atoms with Gasteiger partial charge in [0.05, 0.1) is 11.7 Å². The largest absolute Gasteiger partial charge is 0.507 e. The van der Waals surface area contributed by atoms with Crippen LogP contribution in [-0.4, -0.2) is 22.2 Å². The number of carbonyl (C=O) groups is 1. The second-order valence-electron chi connectivity index (χ2n) is 3.48. The zero-order valence-corrected chi connectivity index (χ0v) is 9.21. The van der Waals surface area contributed by atoms with Gasteiger partial charge in [-0.25, -0.2) is 4.79 Å². The summed E-state index contributed by atoms with van der Waals surface area (Å²) in [4.78, 5) is 10.7. The number of carboxylic acid groups (broad SMARTS) is 1. The summed E-state index contributed by atoms with van der Waals surface area (Å²) in [5.41, 5.74) is 0.260.